The lowest BCUT2D eigenvalue weighted by molar-refractivity contribution is 0.261. The first-order valence-electron chi connectivity index (χ1n) is 6.20. The molecule has 0 saturated carbocycles. The highest BCUT2D eigenvalue weighted by Gasteiger charge is 2.06. The molecule has 6 nitrogen and oxygen atoms in total. The first-order chi connectivity index (χ1) is 10.1. The molecule has 0 saturated heterocycles. The number of ether oxygens (including phenoxy) is 1. The maximum atomic E-state index is 8.94. The summed E-state index contributed by atoms with van der Waals surface area (Å²) in [6.45, 7) is 1.39. The standard InChI is InChI=1S/C15H15N5O/c1-20(2)7-8-21-14-5-3-13(4-6-14)19-15(11-18)12(9-16)10-17/h3-6,19H,7-8H2,1-2H3. The molecular formula is C15H15N5O. The zero-order valence-corrected chi connectivity index (χ0v) is 11.9. The minimum atomic E-state index is -0.246. The Kier molecular flexibility index (Phi) is 6.28. The van der Waals surface area contributed by atoms with Crippen LogP contribution in [0.15, 0.2) is 35.5 Å². The number of rotatable bonds is 6. The van der Waals surface area contributed by atoms with Crippen molar-refractivity contribution >= 4 is 5.69 Å². The molecule has 0 atom stereocenters. The Balaban J connectivity index is 2.72. The van der Waals surface area contributed by atoms with Crippen molar-refractivity contribution in [3.8, 4) is 24.0 Å². The van der Waals surface area contributed by atoms with Crippen molar-refractivity contribution in [3.63, 3.8) is 0 Å². The summed E-state index contributed by atoms with van der Waals surface area (Å²) in [5, 5.41) is 29.2. The Hall–Kier alpha value is -3.01. The van der Waals surface area contributed by atoms with Gasteiger partial charge in [-0.2, -0.15) is 15.8 Å². The van der Waals surface area contributed by atoms with Gasteiger partial charge in [-0.25, -0.2) is 0 Å². The SMILES string of the molecule is CN(C)CCOc1ccc(NC(C#N)=C(C#N)C#N)cc1. The third kappa shape index (κ3) is 5.24. The van der Waals surface area contributed by atoms with Crippen molar-refractivity contribution in [2.75, 3.05) is 32.6 Å². The zero-order valence-electron chi connectivity index (χ0n) is 11.9. The van der Waals surface area contributed by atoms with E-state index in [9.17, 15) is 0 Å². The van der Waals surface area contributed by atoms with Gasteiger partial charge in [0.25, 0.3) is 0 Å². The fourth-order valence-electron chi connectivity index (χ4n) is 1.41. The monoisotopic (exact) mass is 281 g/mol. The van der Waals surface area contributed by atoms with Crippen molar-refractivity contribution in [1.82, 2.24) is 4.90 Å². The molecule has 1 aromatic carbocycles. The summed E-state index contributed by atoms with van der Waals surface area (Å²) < 4.78 is 5.54. The number of nitrogens with one attached hydrogen (secondary N) is 1. The maximum absolute atomic E-state index is 8.94. The summed E-state index contributed by atoms with van der Waals surface area (Å²) in [5.74, 6) is 0.714. The molecular weight excluding hydrogens is 266 g/mol. The Bertz CT molecular complexity index is 610. The largest absolute Gasteiger partial charge is 0.492 e. The van der Waals surface area contributed by atoms with Crippen LogP contribution < -0.4 is 10.1 Å². The minimum absolute atomic E-state index is 0.0683. The third-order valence-corrected chi connectivity index (χ3v) is 2.52. The highest BCUT2D eigenvalue weighted by Crippen LogP contribution is 2.17. The van der Waals surface area contributed by atoms with E-state index >= 15 is 0 Å². The van der Waals surface area contributed by atoms with Crippen molar-refractivity contribution in [3.05, 3.63) is 35.5 Å². The number of anilines is 1. The fourth-order valence-corrected chi connectivity index (χ4v) is 1.41. The van der Waals surface area contributed by atoms with Gasteiger partial charge in [-0.05, 0) is 38.4 Å². The summed E-state index contributed by atoms with van der Waals surface area (Å²) in [7, 11) is 3.93. The number of likely N-dealkylation sites (N-methyl/N-ethyl adjacent to an activating group) is 1. The average Bonchev–Trinajstić information content (AvgIpc) is 2.48. The molecule has 6 heteroatoms. The van der Waals surface area contributed by atoms with Crippen LogP contribution in [0.3, 0.4) is 0 Å². The second-order valence-electron chi connectivity index (χ2n) is 4.39. The number of benzene rings is 1. The van der Waals surface area contributed by atoms with Crippen LogP contribution in [0, 0.1) is 34.0 Å². The van der Waals surface area contributed by atoms with Gasteiger partial charge in [0.05, 0.1) is 0 Å². The highest BCUT2D eigenvalue weighted by molar-refractivity contribution is 5.58. The molecule has 0 radical (unpaired) electrons. The van der Waals surface area contributed by atoms with E-state index in [-0.39, 0.29) is 11.3 Å². The highest BCUT2D eigenvalue weighted by atomic mass is 16.5. The number of hydrogen-bond donors (Lipinski definition) is 1. The van der Waals surface area contributed by atoms with E-state index in [1.807, 2.05) is 19.0 Å². The van der Waals surface area contributed by atoms with Gasteiger partial charge in [0.1, 0.15) is 36.3 Å². The Morgan fingerprint density at radius 2 is 1.71 bits per heavy atom. The van der Waals surface area contributed by atoms with Gasteiger partial charge in [-0.15, -0.1) is 0 Å². The summed E-state index contributed by atoms with van der Waals surface area (Å²) >= 11 is 0. The second kappa shape index (κ2) is 8.22. The van der Waals surface area contributed by atoms with Gasteiger partial charge >= 0.3 is 0 Å². The summed E-state index contributed by atoms with van der Waals surface area (Å²) in [4.78, 5) is 2.02. The molecule has 1 rings (SSSR count). The van der Waals surface area contributed by atoms with E-state index in [2.05, 4.69) is 5.32 Å². The van der Waals surface area contributed by atoms with E-state index < -0.39 is 0 Å². The molecule has 0 unspecified atom stereocenters. The van der Waals surface area contributed by atoms with Gasteiger partial charge in [0.15, 0.2) is 5.57 Å². The average molecular weight is 281 g/mol. The Morgan fingerprint density at radius 1 is 1.10 bits per heavy atom. The molecule has 0 fully saturated rings. The van der Waals surface area contributed by atoms with Crippen molar-refractivity contribution in [2.45, 2.75) is 0 Å². The molecule has 0 bridgehead atoms. The van der Waals surface area contributed by atoms with Crippen LogP contribution in [0.5, 0.6) is 5.75 Å². The molecule has 0 heterocycles. The van der Waals surface area contributed by atoms with Gasteiger partial charge in [0.2, 0.25) is 0 Å². The summed E-state index contributed by atoms with van der Waals surface area (Å²) in [6.07, 6.45) is 0. The van der Waals surface area contributed by atoms with Crippen LogP contribution in [0.2, 0.25) is 0 Å². The molecule has 0 aliphatic rings. The lowest BCUT2D eigenvalue weighted by Gasteiger charge is -2.11. The van der Waals surface area contributed by atoms with Gasteiger partial charge in [-0.1, -0.05) is 0 Å². The molecule has 1 N–H and O–H groups in total. The smallest absolute Gasteiger partial charge is 0.163 e. The molecule has 106 valence electrons. The van der Waals surface area contributed by atoms with Crippen molar-refractivity contribution in [1.29, 1.82) is 15.8 Å². The van der Waals surface area contributed by atoms with E-state index in [0.29, 0.717) is 18.0 Å². The van der Waals surface area contributed by atoms with E-state index in [1.54, 1.807) is 42.5 Å². The molecule has 0 spiro atoms. The Labute approximate surface area is 124 Å². The van der Waals surface area contributed by atoms with Crippen molar-refractivity contribution < 1.29 is 4.74 Å². The van der Waals surface area contributed by atoms with Crippen LogP contribution in [-0.2, 0) is 0 Å². The minimum Gasteiger partial charge on any atom is -0.492 e. The number of allylic oxidation sites excluding steroid dienone is 2. The molecule has 21 heavy (non-hydrogen) atoms. The fraction of sp³-hybridized carbons (Fsp3) is 0.267. The number of nitriles is 3. The molecule has 0 aliphatic heterocycles. The topological polar surface area (TPSA) is 95.9 Å². The van der Waals surface area contributed by atoms with Crippen LogP contribution in [0.1, 0.15) is 0 Å². The lowest BCUT2D eigenvalue weighted by atomic mass is 10.2. The van der Waals surface area contributed by atoms with Gasteiger partial charge in [0, 0.05) is 12.2 Å². The molecule has 0 aromatic heterocycles. The van der Waals surface area contributed by atoms with Crippen LogP contribution in [-0.4, -0.2) is 32.1 Å². The van der Waals surface area contributed by atoms with Gasteiger partial charge in [-0.3, -0.25) is 0 Å². The first-order valence-corrected chi connectivity index (χ1v) is 6.20. The van der Waals surface area contributed by atoms with E-state index in [4.69, 9.17) is 20.5 Å². The Morgan fingerprint density at radius 3 is 2.19 bits per heavy atom. The molecule has 0 aliphatic carbocycles. The predicted molar refractivity (Wildman–Crippen MR) is 78.0 cm³/mol. The van der Waals surface area contributed by atoms with E-state index in [0.717, 1.165) is 6.54 Å². The summed E-state index contributed by atoms with van der Waals surface area (Å²) in [5.41, 5.74) is 0.291. The van der Waals surface area contributed by atoms with Crippen molar-refractivity contribution in [2.24, 2.45) is 0 Å². The number of hydrogen-bond acceptors (Lipinski definition) is 6. The van der Waals surface area contributed by atoms with Crippen LogP contribution >= 0.6 is 0 Å². The van der Waals surface area contributed by atoms with Gasteiger partial charge < -0.3 is 15.0 Å². The molecule has 1 aromatic rings. The first kappa shape index (κ1) is 16.0. The van der Waals surface area contributed by atoms with Crippen LogP contribution in [0.25, 0.3) is 0 Å². The third-order valence-electron chi connectivity index (χ3n) is 2.52. The normalized spacial score (nSPS) is 9.14. The zero-order chi connectivity index (χ0) is 15.7. The van der Waals surface area contributed by atoms with Crippen LogP contribution in [0.4, 0.5) is 5.69 Å². The summed E-state index contributed by atoms with van der Waals surface area (Å²) in [6, 6.07) is 12.1. The predicted octanol–water partition coefficient (Wildman–Crippen LogP) is 1.86. The van der Waals surface area contributed by atoms with E-state index in [1.165, 1.54) is 0 Å². The quantitative estimate of drug-likeness (QED) is 0.799. The second-order valence-corrected chi connectivity index (χ2v) is 4.39. The lowest BCUT2D eigenvalue weighted by Crippen LogP contribution is -2.19. The molecule has 0 amide bonds. The maximum Gasteiger partial charge on any atom is 0.163 e. The number of nitrogens with zero attached hydrogens (tertiary/aromatic N) is 4.